The minimum atomic E-state index is -0.673. The Balaban J connectivity index is 1.64. The maximum atomic E-state index is 13.3. The molecule has 0 unspecified atom stereocenters. The summed E-state index contributed by atoms with van der Waals surface area (Å²) in [7, 11) is 3.84. The number of hydrogen-bond acceptors (Lipinski definition) is 4. The molecule has 0 fully saturated rings. The van der Waals surface area contributed by atoms with Crippen LogP contribution in [0, 0.1) is 18.6 Å². The lowest BCUT2D eigenvalue weighted by Crippen LogP contribution is -2.22. The lowest BCUT2D eigenvalue weighted by Gasteiger charge is -2.15. The molecule has 0 aliphatic carbocycles. The Bertz CT molecular complexity index is 1210. The van der Waals surface area contributed by atoms with Crippen LogP contribution in [0.2, 0.25) is 0 Å². The molecule has 0 saturated heterocycles. The second-order valence-electron chi connectivity index (χ2n) is 7.24. The standard InChI is InChI=1S/C22H20F2N4OS/c1-13-4-6-17(7-5-13)28-21-18(26-22(28)27(2)3)11-19(30-21)20(29)25-12-14-8-15(23)10-16(24)9-14/h4-11H,12H2,1-3H3,(H,25,29). The number of thiophene rings is 1. The fourth-order valence-corrected chi connectivity index (χ4v) is 4.21. The summed E-state index contributed by atoms with van der Waals surface area (Å²) < 4.78 is 28.7. The first-order valence-electron chi connectivity index (χ1n) is 9.31. The smallest absolute Gasteiger partial charge is 0.261 e. The van der Waals surface area contributed by atoms with E-state index < -0.39 is 11.6 Å². The number of halogens is 2. The SMILES string of the molecule is Cc1ccc(-n2c(N(C)C)nc3cc(C(=O)NCc4cc(F)cc(F)c4)sc32)cc1. The van der Waals surface area contributed by atoms with Crippen molar-refractivity contribution in [3.8, 4) is 5.69 Å². The molecule has 2 aromatic heterocycles. The van der Waals surface area contributed by atoms with E-state index in [-0.39, 0.29) is 12.5 Å². The highest BCUT2D eigenvalue weighted by Crippen LogP contribution is 2.32. The topological polar surface area (TPSA) is 50.2 Å². The molecule has 2 heterocycles. The predicted octanol–water partition coefficient (Wildman–Crippen LogP) is 4.67. The van der Waals surface area contributed by atoms with Crippen LogP contribution in [0.25, 0.3) is 16.0 Å². The van der Waals surface area contributed by atoms with Crippen LogP contribution in [0.15, 0.2) is 48.5 Å². The Hall–Kier alpha value is -3.26. The highest BCUT2D eigenvalue weighted by Gasteiger charge is 2.20. The van der Waals surface area contributed by atoms with Gasteiger partial charge >= 0.3 is 0 Å². The van der Waals surface area contributed by atoms with E-state index in [1.54, 1.807) is 6.07 Å². The summed E-state index contributed by atoms with van der Waals surface area (Å²) in [6.45, 7) is 2.06. The number of imidazole rings is 1. The number of rotatable bonds is 5. The van der Waals surface area contributed by atoms with Crippen molar-refractivity contribution in [3.63, 3.8) is 0 Å². The molecule has 30 heavy (non-hydrogen) atoms. The predicted molar refractivity (Wildman–Crippen MR) is 116 cm³/mol. The van der Waals surface area contributed by atoms with Gasteiger partial charge in [0.05, 0.1) is 4.88 Å². The van der Waals surface area contributed by atoms with E-state index in [0.717, 1.165) is 28.1 Å². The van der Waals surface area contributed by atoms with Gasteiger partial charge in [-0.1, -0.05) is 17.7 Å². The minimum absolute atomic E-state index is 0.0317. The van der Waals surface area contributed by atoms with Crippen molar-refractivity contribution in [1.82, 2.24) is 14.9 Å². The third-order valence-electron chi connectivity index (χ3n) is 4.61. The van der Waals surface area contributed by atoms with Gasteiger partial charge in [0.25, 0.3) is 5.91 Å². The van der Waals surface area contributed by atoms with Crippen molar-refractivity contribution in [1.29, 1.82) is 0 Å². The number of fused-ring (bicyclic) bond motifs is 1. The van der Waals surface area contributed by atoms with Gasteiger partial charge in [-0.3, -0.25) is 9.36 Å². The van der Waals surface area contributed by atoms with Gasteiger partial charge < -0.3 is 10.2 Å². The summed E-state index contributed by atoms with van der Waals surface area (Å²) in [5.41, 5.74) is 3.18. The maximum absolute atomic E-state index is 13.3. The second-order valence-corrected chi connectivity index (χ2v) is 8.27. The van der Waals surface area contributed by atoms with E-state index in [9.17, 15) is 13.6 Å². The number of hydrogen-bond donors (Lipinski definition) is 1. The summed E-state index contributed by atoms with van der Waals surface area (Å²) in [5, 5.41) is 2.72. The van der Waals surface area contributed by atoms with E-state index in [1.807, 2.05) is 54.8 Å². The van der Waals surface area contributed by atoms with Crippen LogP contribution in [-0.4, -0.2) is 29.6 Å². The van der Waals surface area contributed by atoms with E-state index in [4.69, 9.17) is 0 Å². The maximum Gasteiger partial charge on any atom is 0.261 e. The van der Waals surface area contributed by atoms with E-state index in [0.29, 0.717) is 16.0 Å². The summed E-state index contributed by atoms with van der Waals surface area (Å²) >= 11 is 1.32. The minimum Gasteiger partial charge on any atom is -0.348 e. The van der Waals surface area contributed by atoms with E-state index in [2.05, 4.69) is 10.3 Å². The van der Waals surface area contributed by atoms with Gasteiger partial charge in [0.15, 0.2) is 0 Å². The molecule has 0 aliphatic rings. The van der Waals surface area contributed by atoms with Crippen LogP contribution in [0.5, 0.6) is 0 Å². The van der Waals surface area contributed by atoms with E-state index in [1.165, 1.54) is 23.5 Å². The molecule has 4 rings (SSSR count). The molecule has 4 aromatic rings. The summed E-state index contributed by atoms with van der Waals surface area (Å²) in [6.07, 6.45) is 0. The molecule has 0 aliphatic heterocycles. The van der Waals surface area contributed by atoms with Crippen molar-refractivity contribution in [3.05, 3.63) is 76.2 Å². The third-order valence-corrected chi connectivity index (χ3v) is 5.72. The first-order chi connectivity index (χ1) is 14.3. The molecule has 2 aromatic carbocycles. The lowest BCUT2D eigenvalue weighted by atomic mass is 10.2. The molecule has 0 saturated carbocycles. The van der Waals surface area contributed by atoms with E-state index >= 15 is 0 Å². The van der Waals surface area contributed by atoms with Crippen LogP contribution in [-0.2, 0) is 6.54 Å². The number of nitrogens with one attached hydrogen (secondary N) is 1. The highest BCUT2D eigenvalue weighted by molar-refractivity contribution is 7.20. The van der Waals surface area contributed by atoms with Crippen molar-refractivity contribution in [2.24, 2.45) is 0 Å². The number of anilines is 1. The molecule has 1 N–H and O–H groups in total. The van der Waals surface area contributed by atoms with Crippen LogP contribution >= 0.6 is 11.3 Å². The summed E-state index contributed by atoms with van der Waals surface area (Å²) in [6, 6.07) is 13.0. The second kappa shape index (κ2) is 7.87. The van der Waals surface area contributed by atoms with Crippen molar-refractivity contribution in [2.75, 3.05) is 19.0 Å². The van der Waals surface area contributed by atoms with Gasteiger partial charge in [-0.2, -0.15) is 0 Å². The summed E-state index contributed by atoms with van der Waals surface area (Å²) in [5.74, 6) is -0.894. The number of aromatic nitrogens is 2. The van der Waals surface area contributed by atoms with Crippen LogP contribution in [0.3, 0.4) is 0 Å². The normalized spacial score (nSPS) is 11.1. The fourth-order valence-electron chi connectivity index (χ4n) is 3.18. The van der Waals surface area contributed by atoms with Crippen LogP contribution < -0.4 is 10.2 Å². The zero-order chi connectivity index (χ0) is 21.4. The zero-order valence-electron chi connectivity index (χ0n) is 16.7. The third kappa shape index (κ3) is 3.91. The van der Waals surface area contributed by atoms with Gasteiger partial charge in [-0.25, -0.2) is 13.8 Å². The Morgan fingerprint density at radius 1 is 1.10 bits per heavy atom. The quantitative estimate of drug-likeness (QED) is 0.505. The largest absolute Gasteiger partial charge is 0.348 e. The van der Waals surface area contributed by atoms with Gasteiger partial charge in [0, 0.05) is 32.4 Å². The van der Waals surface area contributed by atoms with Crippen LogP contribution in [0.4, 0.5) is 14.7 Å². The molecular weight excluding hydrogens is 406 g/mol. The molecular formula is C22H20F2N4OS. The molecule has 0 bridgehead atoms. The van der Waals surface area contributed by atoms with Gasteiger partial charge in [0.1, 0.15) is 22.0 Å². The average Bonchev–Trinajstić information content (AvgIpc) is 3.24. The number of benzene rings is 2. The Morgan fingerprint density at radius 2 is 1.77 bits per heavy atom. The number of carbonyl (C=O) groups is 1. The molecule has 5 nitrogen and oxygen atoms in total. The number of carbonyl (C=O) groups excluding carboxylic acids is 1. The number of amides is 1. The molecule has 0 radical (unpaired) electrons. The number of aryl methyl sites for hydroxylation is 1. The highest BCUT2D eigenvalue weighted by atomic mass is 32.1. The van der Waals surface area contributed by atoms with Gasteiger partial charge in [-0.15, -0.1) is 11.3 Å². The average molecular weight is 426 g/mol. The van der Waals surface area contributed by atoms with Crippen molar-refractivity contribution >= 4 is 33.5 Å². The first-order valence-corrected chi connectivity index (χ1v) is 10.1. The lowest BCUT2D eigenvalue weighted by molar-refractivity contribution is 0.0955. The summed E-state index contributed by atoms with van der Waals surface area (Å²) in [4.78, 5) is 20.6. The Morgan fingerprint density at radius 3 is 2.40 bits per heavy atom. The molecule has 0 spiro atoms. The van der Waals surface area contributed by atoms with Crippen molar-refractivity contribution in [2.45, 2.75) is 13.5 Å². The number of nitrogens with zero attached hydrogens (tertiary/aromatic N) is 3. The Labute approximate surface area is 176 Å². The van der Waals surface area contributed by atoms with Crippen molar-refractivity contribution < 1.29 is 13.6 Å². The van der Waals surface area contributed by atoms with Crippen LogP contribution in [0.1, 0.15) is 20.8 Å². The fraction of sp³-hybridized carbons (Fsp3) is 0.182. The van der Waals surface area contributed by atoms with Gasteiger partial charge in [-0.05, 0) is 42.8 Å². The van der Waals surface area contributed by atoms with Gasteiger partial charge in [0.2, 0.25) is 5.95 Å². The first kappa shape index (κ1) is 20.0. The monoisotopic (exact) mass is 426 g/mol. The molecule has 8 heteroatoms. The molecule has 0 atom stereocenters. The molecule has 154 valence electrons. The Kier molecular flexibility index (Phi) is 5.26. The molecule has 1 amide bonds. The zero-order valence-corrected chi connectivity index (χ0v) is 17.6.